The molecular formula is C12H22N2O3S. The molecule has 0 atom stereocenters. The number of nitrogens with zero attached hydrogens (tertiary/aromatic N) is 2. The van der Waals surface area contributed by atoms with E-state index in [0.717, 1.165) is 38.5 Å². The Kier molecular flexibility index (Phi) is 4.61. The SMILES string of the molecule is O=C(CS(=O)(=O)N1CCCCC1)N1CCCCC1. The summed E-state index contributed by atoms with van der Waals surface area (Å²) in [6, 6.07) is 0. The maximum atomic E-state index is 12.1. The van der Waals surface area contributed by atoms with Crippen molar-refractivity contribution in [3.05, 3.63) is 0 Å². The fourth-order valence-corrected chi connectivity index (χ4v) is 4.12. The molecule has 2 aliphatic heterocycles. The van der Waals surface area contributed by atoms with Crippen LogP contribution in [0.3, 0.4) is 0 Å². The number of sulfonamides is 1. The zero-order valence-corrected chi connectivity index (χ0v) is 11.6. The molecular weight excluding hydrogens is 252 g/mol. The number of piperidine rings is 2. The molecule has 2 saturated heterocycles. The molecule has 2 rings (SSSR count). The van der Waals surface area contributed by atoms with Gasteiger partial charge in [0.25, 0.3) is 0 Å². The normalized spacial score (nSPS) is 23.0. The van der Waals surface area contributed by atoms with E-state index >= 15 is 0 Å². The van der Waals surface area contributed by atoms with E-state index in [4.69, 9.17) is 0 Å². The third-order valence-corrected chi connectivity index (χ3v) is 5.49. The fourth-order valence-electron chi connectivity index (χ4n) is 2.62. The van der Waals surface area contributed by atoms with Gasteiger partial charge in [-0.2, -0.15) is 0 Å². The van der Waals surface area contributed by atoms with Crippen molar-refractivity contribution in [2.45, 2.75) is 38.5 Å². The molecule has 18 heavy (non-hydrogen) atoms. The predicted octanol–water partition coefficient (Wildman–Crippen LogP) is 0.815. The first-order valence-corrected chi connectivity index (χ1v) is 8.46. The molecule has 6 heteroatoms. The van der Waals surface area contributed by atoms with Crippen molar-refractivity contribution in [2.75, 3.05) is 31.9 Å². The van der Waals surface area contributed by atoms with Crippen LogP contribution in [0.25, 0.3) is 0 Å². The van der Waals surface area contributed by atoms with Crippen LogP contribution >= 0.6 is 0 Å². The summed E-state index contributed by atoms with van der Waals surface area (Å²) in [6.07, 6.45) is 6.05. The molecule has 5 nitrogen and oxygen atoms in total. The van der Waals surface area contributed by atoms with Gasteiger partial charge < -0.3 is 4.90 Å². The van der Waals surface area contributed by atoms with Crippen LogP contribution in [-0.4, -0.2) is 55.5 Å². The number of likely N-dealkylation sites (tertiary alicyclic amines) is 1. The second kappa shape index (κ2) is 6.02. The van der Waals surface area contributed by atoms with Crippen molar-refractivity contribution in [2.24, 2.45) is 0 Å². The first kappa shape index (κ1) is 13.8. The molecule has 0 aromatic carbocycles. The van der Waals surface area contributed by atoms with Crippen LogP contribution in [0, 0.1) is 0 Å². The van der Waals surface area contributed by atoms with Gasteiger partial charge in [-0.1, -0.05) is 6.42 Å². The van der Waals surface area contributed by atoms with E-state index in [-0.39, 0.29) is 11.7 Å². The topological polar surface area (TPSA) is 57.7 Å². The molecule has 104 valence electrons. The van der Waals surface area contributed by atoms with Gasteiger partial charge in [0, 0.05) is 26.2 Å². The lowest BCUT2D eigenvalue weighted by atomic mass is 10.1. The van der Waals surface area contributed by atoms with E-state index in [0.29, 0.717) is 26.2 Å². The van der Waals surface area contributed by atoms with Crippen molar-refractivity contribution < 1.29 is 13.2 Å². The van der Waals surface area contributed by atoms with E-state index in [1.54, 1.807) is 4.90 Å². The molecule has 1 amide bonds. The number of rotatable bonds is 3. The monoisotopic (exact) mass is 274 g/mol. The molecule has 0 aliphatic carbocycles. The predicted molar refractivity (Wildman–Crippen MR) is 69.6 cm³/mol. The third-order valence-electron chi connectivity index (χ3n) is 3.72. The van der Waals surface area contributed by atoms with Crippen molar-refractivity contribution in [1.29, 1.82) is 0 Å². The van der Waals surface area contributed by atoms with Crippen LogP contribution in [0.2, 0.25) is 0 Å². The summed E-state index contributed by atoms with van der Waals surface area (Å²) in [5.74, 6) is -0.562. The van der Waals surface area contributed by atoms with Gasteiger partial charge in [-0.3, -0.25) is 4.79 Å². The van der Waals surface area contributed by atoms with Crippen molar-refractivity contribution >= 4 is 15.9 Å². The molecule has 0 spiro atoms. The smallest absolute Gasteiger partial charge is 0.239 e. The van der Waals surface area contributed by atoms with E-state index in [1.165, 1.54) is 4.31 Å². The average Bonchev–Trinajstić information content (AvgIpc) is 2.40. The maximum absolute atomic E-state index is 12.1. The number of carbonyl (C=O) groups is 1. The second-order valence-corrected chi connectivity index (χ2v) is 7.13. The highest BCUT2D eigenvalue weighted by molar-refractivity contribution is 7.89. The molecule has 0 bridgehead atoms. The zero-order valence-electron chi connectivity index (χ0n) is 10.8. The minimum absolute atomic E-state index is 0.222. The Hall–Kier alpha value is -0.620. The fraction of sp³-hybridized carbons (Fsp3) is 0.917. The minimum atomic E-state index is -3.39. The van der Waals surface area contributed by atoms with Gasteiger partial charge in [-0.05, 0) is 32.1 Å². The van der Waals surface area contributed by atoms with E-state index in [1.807, 2.05) is 0 Å². The number of hydrogen-bond donors (Lipinski definition) is 0. The number of amides is 1. The van der Waals surface area contributed by atoms with Gasteiger partial charge in [-0.25, -0.2) is 12.7 Å². The Morgan fingerprint density at radius 1 is 0.833 bits per heavy atom. The van der Waals surface area contributed by atoms with Crippen molar-refractivity contribution in [1.82, 2.24) is 9.21 Å². The van der Waals surface area contributed by atoms with Crippen LogP contribution in [-0.2, 0) is 14.8 Å². The highest BCUT2D eigenvalue weighted by Gasteiger charge is 2.29. The van der Waals surface area contributed by atoms with E-state index < -0.39 is 10.0 Å². The lowest BCUT2D eigenvalue weighted by Gasteiger charge is -2.29. The molecule has 0 aromatic rings. The summed E-state index contributed by atoms with van der Waals surface area (Å²) in [6.45, 7) is 2.59. The Bertz CT molecular complexity index is 382. The van der Waals surface area contributed by atoms with Gasteiger partial charge in [0.2, 0.25) is 15.9 Å². The number of carbonyl (C=O) groups excluding carboxylic acids is 1. The quantitative estimate of drug-likeness (QED) is 0.765. The Morgan fingerprint density at radius 3 is 1.89 bits per heavy atom. The van der Waals surface area contributed by atoms with Gasteiger partial charge in [0.1, 0.15) is 5.75 Å². The van der Waals surface area contributed by atoms with Crippen LogP contribution < -0.4 is 0 Å². The highest BCUT2D eigenvalue weighted by atomic mass is 32.2. The van der Waals surface area contributed by atoms with Gasteiger partial charge >= 0.3 is 0 Å². The second-order valence-electron chi connectivity index (χ2n) is 5.16. The van der Waals surface area contributed by atoms with Gasteiger partial charge in [-0.15, -0.1) is 0 Å². The van der Waals surface area contributed by atoms with Gasteiger partial charge in [0.05, 0.1) is 0 Å². The molecule has 0 radical (unpaired) electrons. The number of hydrogen-bond acceptors (Lipinski definition) is 3. The van der Waals surface area contributed by atoms with Crippen LogP contribution in [0.1, 0.15) is 38.5 Å². The standard InChI is InChI=1S/C12H22N2O3S/c15-12(13-7-3-1-4-8-13)11-18(16,17)14-9-5-2-6-10-14/h1-11H2. The maximum Gasteiger partial charge on any atom is 0.239 e. The third kappa shape index (κ3) is 3.45. The Morgan fingerprint density at radius 2 is 1.33 bits per heavy atom. The molecule has 0 saturated carbocycles. The van der Waals surface area contributed by atoms with Crippen LogP contribution in [0.4, 0.5) is 0 Å². The average molecular weight is 274 g/mol. The molecule has 0 unspecified atom stereocenters. The zero-order chi connectivity index (χ0) is 13.0. The summed E-state index contributed by atoms with van der Waals surface area (Å²) >= 11 is 0. The lowest BCUT2D eigenvalue weighted by molar-refractivity contribution is -0.129. The Labute approximate surface area is 109 Å². The van der Waals surface area contributed by atoms with Crippen molar-refractivity contribution in [3.8, 4) is 0 Å². The molecule has 2 heterocycles. The minimum Gasteiger partial charge on any atom is -0.342 e. The van der Waals surface area contributed by atoms with Crippen LogP contribution in [0.15, 0.2) is 0 Å². The molecule has 2 aliphatic rings. The summed E-state index contributed by atoms with van der Waals surface area (Å²) in [7, 11) is -3.39. The summed E-state index contributed by atoms with van der Waals surface area (Å²) in [5, 5.41) is 0. The molecule has 0 N–H and O–H groups in total. The molecule has 0 aromatic heterocycles. The van der Waals surface area contributed by atoms with Gasteiger partial charge in [0.15, 0.2) is 0 Å². The Balaban J connectivity index is 1.92. The van der Waals surface area contributed by atoms with Crippen LogP contribution in [0.5, 0.6) is 0 Å². The largest absolute Gasteiger partial charge is 0.342 e. The first-order valence-electron chi connectivity index (χ1n) is 6.85. The van der Waals surface area contributed by atoms with E-state index in [9.17, 15) is 13.2 Å². The highest BCUT2D eigenvalue weighted by Crippen LogP contribution is 2.15. The summed E-state index contributed by atoms with van der Waals surface area (Å²) in [4.78, 5) is 13.7. The summed E-state index contributed by atoms with van der Waals surface area (Å²) < 4.78 is 25.7. The molecule has 2 fully saturated rings. The van der Waals surface area contributed by atoms with E-state index in [2.05, 4.69) is 0 Å². The lowest BCUT2D eigenvalue weighted by Crippen LogP contribution is -2.44. The first-order chi connectivity index (χ1) is 8.59. The summed E-state index contributed by atoms with van der Waals surface area (Å²) in [5.41, 5.74) is 0. The van der Waals surface area contributed by atoms with Crippen molar-refractivity contribution in [3.63, 3.8) is 0 Å².